The normalized spacial score (nSPS) is 17.4. The first-order valence-corrected chi connectivity index (χ1v) is 8.91. The summed E-state index contributed by atoms with van der Waals surface area (Å²) in [4.78, 5) is 23.8. The van der Waals surface area contributed by atoms with Gasteiger partial charge in [-0.3, -0.25) is 4.79 Å². The van der Waals surface area contributed by atoms with Crippen LogP contribution in [0.3, 0.4) is 0 Å². The van der Waals surface area contributed by atoms with Crippen molar-refractivity contribution in [1.29, 1.82) is 0 Å². The van der Waals surface area contributed by atoms with Crippen molar-refractivity contribution in [3.05, 3.63) is 46.9 Å². The van der Waals surface area contributed by atoms with Crippen LogP contribution in [-0.2, 0) is 0 Å². The Kier molecular flexibility index (Phi) is 5.02. The van der Waals surface area contributed by atoms with Gasteiger partial charge in [-0.2, -0.15) is 0 Å². The number of rotatable bonds is 3. The zero-order valence-electron chi connectivity index (χ0n) is 15.5. The van der Waals surface area contributed by atoms with Gasteiger partial charge in [0.25, 0.3) is 5.91 Å². The van der Waals surface area contributed by atoms with Gasteiger partial charge in [0, 0.05) is 24.8 Å². The minimum Gasteiger partial charge on any atom is -0.356 e. The van der Waals surface area contributed by atoms with E-state index in [1.54, 1.807) is 0 Å². The molecule has 0 saturated carbocycles. The molecule has 132 valence electrons. The Morgan fingerprint density at radius 3 is 2.72 bits per heavy atom. The topological polar surface area (TPSA) is 58.1 Å². The number of carbonyl (C=O) groups is 1. The first kappa shape index (κ1) is 17.4. The molecular formula is C20H26N4O. The molecule has 1 atom stereocenters. The van der Waals surface area contributed by atoms with Crippen LogP contribution < -0.4 is 10.2 Å². The number of amides is 1. The number of anilines is 2. The molecule has 1 aromatic carbocycles. The number of nitrogens with zero attached hydrogens (tertiary/aromatic N) is 3. The Balaban J connectivity index is 1.82. The maximum atomic E-state index is 12.7. The summed E-state index contributed by atoms with van der Waals surface area (Å²) in [5.41, 5.74) is 3.46. The molecule has 5 nitrogen and oxygen atoms in total. The van der Waals surface area contributed by atoms with Gasteiger partial charge in [-0.15, -0.1) is 0 Å². The lowest BCUT2D eigenvalue weighted by molar-refractivity contribution is 0.102. The molecule has 0 radical (unpaired) electrons. The maximum Gasteiger partial charge on any atom is 0.274 e. The maximum absolute atomic E-state index is 12.7. The van der Waals surface area contributed by atoms with E-state index in [2.05, 4.69) is 33.2 Å². The lowest BCUT2D eigenvalue weighted by atomic mass is 10.0. The highest BCUT2D eigenvalue weighted by Crippen LogP contribution is 2.23. The zero-order valence-corrected chi connectivity index (χ0v) is 15.5. The van der Waals surface area contributed by atoms with Crippen LogP contribution in [0.2, 0.25) is 0 Å². The monoisotopic (exact) mass is 338 g/mol. The Bertz CT molecular complexity index is 787. The van der Waals surface area contributed by atoms with Gasteiger partial charge >= 0.3 is 0 Å². The molecule has 3 rings (SSSR count). The number of aromatic nitrogens is 2. The molecule has 25 heavy (non-hydrogen) atoms. The first-order valence-electron chi connectivity index (χ1n) is 8.91. The molecule has 1 amide bonds. The van der Waals surface area contributed by atoms with Crippen LogP contribution in [0.4, 0.5) is 11.5 Å². The highest BCUT2D eigenvalue weighted by molar-refractivity contribution is 6.03. The number of nitrogens with one attached hydrogen (secondary N) is 1. The Labute approximate surface area is 149 Å². The van der Waals surface area contributed by atoms with E-state index in [0.717, 1.165) is 36.6 Å². The Morgan fingerprint density at radius 2 is 2.00 bits per heavy atom. The van der Waals surface area contributed by atoms with Crippen LogP contribution in [0, 0.1) is 26.7 Å². The quantitative estimate of drug-likeness (QED) is 0.922. The summed E-state index contributed by atoms with van der Waals surface area (Å²) in [5, 5.41) is 2.97. The average molecular weight is 338 g/mol. The summed E-state index contributed by atoms with van der Waals surface area (Å²) in [6.45, 7) is 10.1. The average Bonchev–Trinajstić information content (AvgIpc) is 2.57. The van der Waals surface area contributed by atoms with Gasteiger partial charge in [-0.05, 0) is 51.2 Å². The van der Waals surface area contributed by atoms with Crippen molar-refractivity contribution in [1.82, 2.24) is 9.97 Å². The van der Waals surface area contributed by atoms with Crippen LogP contribution in [0.25, 0.3) is 0 Å². The summed E-state index contributed by atoms with van der Waals surface area (Å²) in [5.74, 6) is 1.94. The van der Waals surface area contributed by atoms with Crippen LogP contribution in [0.5, 0.6) is 0 Å². The summed E-state index contributed by atoms with van der Waals surface area (Å²) < 4.78 is 0. The molecule has 0 spiro atoms. The van der Waals surface area contributed by atoms with E-state index < -0.39 is 0 Å². The molecule has 1 saturated heterocycles. The second-order valence-electron chi connectivity index (χ2n) is 7.12. The summed E-state index contributed by atoms with van der Waals surface area (Å²) in [6.07, 6.45) is 2.41. The molecule has 1 aliphatic heterocycles. The SMILES string of the molecule is Cc1ccc(NC(=O)c2cc(N3CCCC(C)C3)nc(C)n2)c(C)c1. The van der Waals surface area contributed by atoms with Crippen LogP contribution in [0.1, 0.15) is 47.2 Å². The van der Waals surface area contributed by atoms with Gasteiger partial charge in [0.15, 0.2) is 0 Å². The Morgan fingerprint density at radius 1 is 1.20 bits per heavy atom. The van der Waals surface area contributed by atoms with E-state index in [0.29, 0.717) is 17.4 Å². The van der Waals surface area contributed by atoms with Crippen molar-refractivity contribution < 1.29 is 4.79 Å². The van der Waals surface area contributed by atoms with Crippen LogP contribution in [-0.4, -0.2) is 29.0 Å². The van der Waals surface area contributed by atoms with E-state index in [4.69, 9.17) is 0 Å². The minimum atomic E-state index is -0.191. The van der Waals surface area contributed by atoms with Crippen LogP contribution >= 0.6 is 0 Å². The highest BCUT2D eigenvalue weighted by Gasteiger charge is 2.20. The number of piperidine rings is 1. The van der Waals surface area contributed by atoms with Gasteiger partial charge in [-0.25, -0.2) is 9.97 Å². The van der Waals surface area contributed by atoms with Crippen molar-refractivity contribution in [3.8, 4) is 0 Å². The lowest BCUT2D eigenvalue weighted by Crippen LogP contribution is -2.35. The first-order chi connectivity index (χ1) is 11.9. The number of hydrogen-bond donors (Lipinski definition) is 1. The molecule has 1 aromatic heterocycles. The van der Waals surface area contributed by atoms with Crippen molar-refractivity contribution in [2.45, 2.75) is 40.5 Å². The lowest BCUT2D eigenvalue weighted by Gasteiger charge is -2.32. The second-order valence-corrected chi connectivity index (χ2v) is 7.12. The molecule has 1 N–H and O–H groups in total. The molecule has 5 heteroatoms. The molecule has 2 aromatic rings. The largest absolute Gasteiger partial charge is 0.356 e. The van der Waals surface area contributed by atoms with Gasteiger partial charge in [0.1, 0.15) is 17.3 Å². The molecule has 2 heterocycles. The molecule has 1 unspecified atom stereocenters. The van der Waals surface area contributed by atoms with Crippen LogP contribution in [0.15, 0.2) is 24.3 Å². The van der Waals surface area contributed by atoms with Crippen molar-refractivity contribution >= 4 is 17.4 Å². The van der Waals surface area contributed by atoms with Gasteiger partial charge in [-0.1, -0.05) is 24.6 Å². The predicted molar refractivity (Wildman–Crippen MR) is 101 cm³/mol. The molecule has 1 fully saturated rings. The smallest absolute Gasteiger partial charge is 0.274 e. The highest BCUT2D eigenvalue weighted by atomic mass is 16.1. The molecule has 0 aliphatic carbocycles. The predicted octanol–water partition coefficient (Wildman–Crippen LogP) is 3.89. The number of carbonyl (C=O) groups excluding carboxylic acids is 1. The van der Waals surface area contributed by atoms with Gasteiger partial charge < -0.3 is 10.2 Å². The van der Waals surface area contributed by atoms with E-state index in [-0.39, 0.29) is 5.91 Å². The van der Waals surface area contributed by atoms with E-state index in [1.807, 2.05) is 39.0 Å². The number of hydrogen-bond acceptors (Lipinski definition) is 4. The standard InChI is InChI=1S/C20H26N4O/c1-13-7-8-17(15(3)10-13)23-20(25)18-11-19(22-16(4)21-18)24-9-5-6-14(2)12-24/h7-8,10-11,14H,5-6,9,12H2,1-4H3,(H,23,25). The fraction of sp³-hybridized carbons (Fsp3) is 0.450. The van der Waals surface area contributed by atoms with E-state index in [1.165, 1.54) is 12.0 Å². The van der Waals surface area contributed by atoms with E-state index in [9.17, 15) is 4.79 Å². The molecule has 1 aliphatic rings. The number of aryl methyl sites for hydroxylation is 3. The van der Waals surface area contributed by atoms with Crippen molar-refractivity contribution in [2.24, 2.45) is 5.92 Å². The van der Waals surface area contributed by atoms with E-state index >= 15 is 0 Å². The third-order valence-corrected chi connectivity index (χ3v) is 4.67. The molecular weight excluding hydrogens is 312 g/mol. The Hall–Kier alpha value is -2.43. The third-order valence-electron chi connectivity index (χ3n) is 4.67. The fourth-order valence-electron chi connectivity index (χ4n) is 3.37. The van der Waals surface area contributed by atoms with Gasteiger partial charge in [0.05, 0.1) is 0 Å². The van der Waals surface area contributed by atoms with Crippen molar-refractivity contribution in [2.75, 3.05) is 23.3 Å². The minimum absolute atomic E-state index is 0.191. The van der Waals surface area contributed by atoms with Gasteiger partial charge in [0.2, 0.25) is 0 Å². The second kappa shape index (κ2) is 7.21. The summed E-state index contributed by atoms with van der Waals surface area (Å²) in [6, 6.07) is 7.80. The van der Waals surface area contributed by atoms with Crippen molar-refractivity contribution in [3.63, 3.8) is 0 Å². The summed E-state index contributed by atoms with van der Waals surface area (Å²) in [7, 11) is 0. The summed E-state index contributed by atoms with van der Waals surface area (Å²) >= 11 is 0. The fourth-order valence-corrected chi connectivity index (χ4v) is 3.37. The zero-order chi connectivity index (χ0) is 18.0. The number of benzene rings is 1. The third kappa shape index (κ3) is 4.16. The molecule has 0 bridgehead atoms.